The first-order valence-corrected chi connectivity index (χ1v) is 14.9. The van der Waals surface area contributed by atoms with E-state index in [0.29, 0.717) is 17.3 Å². The molecule has 0 bridgehead atoms. The Labute approximate surface area is 241 Å². The van der Waals surface area contributed by atoms with Gasteiger partial charge >= 0.3 is 0 Å². The van der Waals surface area contributed by atoms with E-state index in [1.54, 1.807) is 19.2 Å². The highest BCUT2D eigenvalue weighted by atomic mass is 35.5. The molecular weight excluding hydrogens is 550 g/mol. The lowest BCUT2D eigenvalue weighted by molar-refractivity contribution is -0.141. The van der Waals surface area contributed by atoms with Gasteiger partial charge in [0, 0.05) is 31.6 Å². The highest BCUT2D eigenvalue weighted by Crippen LogP contribution is 2.21. The number of amides is 2. The fourth-order valence-electron chi connectivity index (χ4n) is 4.18. The second-order valence-electron chi connectivity index (χ2n) is 9.44. The zero-order valence-corrected chi connectivity index (χ0v) is 24.6. The molecule has 0 aliphatic rings. The van der Waals surface area contributed by atoms with Crippen molar-refractivity contribution in [2.24, 2.45) is 0 Å². The molecule has 214 valence electrons. The molecule has 3 rings (SSSR count). The fraction of sp³-hybridized carbons (Fsp3) is 0.333. The number of hydrogen-bond acceptors (Lipinski definition) is 5. The number of likely N-dealkylation sites (N-methyl/N-ethyl adjacent to an activating group) is 1. The van der Waals surface area contributed by atoms with E-state index in [1.807, 2.05) is 49.4 Å². The number of nitrogens with zero attached hydrogens (tertiary/aromatic N) is 2. The predicted octanol–water partition coefficient (Wildman–Crippen LogP) is 4.53. The van der Waals surface area contributed by atoms with Gasteiger partial charge in [0.25, 0.3) is 0 Å². The number of sulfonamides is 1. The van der Waals surface area contributed by atoms with Crippen molar-refractivity contribution in [1.29, 1.82) is 0 Å². The highest BCUT2D eigenvalue weighted by molar-refractivity contribution is 7.89. The van der Waals surface area contributed by atoms with Crippen molar-refractivity contribution < 1.29 is 22.7 Å². The van der Waals surface area contributed by atoms with Gasteiger partial charge in [-0.1, -0.05) is 67.4 Å². The largest absolute Gasteiger partial charge is 0.497 e. The van der Waals surface area contributed by atoms with Gasteiger partial charge in [-0.05, 0) is 53.9 Å². The maximum Gasteiger partial charge on any atom is 0.243 e. The summed E-state index contributed by atoms with van der Waals surface area (Å²) in [6, 6.07) is 21.6. The molecule has 8 nitrogen and oxygen atoms in total. The Morgan fingerprint density at radius 1 is 0.975 bits per heavy atom. The molecule has 0 aliphatic heterocycles. The van der Waals surface area contributed by atoms with E-state index in [1.165, 1.54) is 36.2 Å². The summed E-state index contributed by atoms with van der Waals surface area (Å²) in [4.78, 5) is 28.9. The molecule has 0 heterocycles. The summed E-state index contributed by atoms with van der Waals surface area (Å²) < 4.78 is 32.8. The summed E-state index contributed by atoms with van der Waals surface area (Å²) in [6.07, 6.45) is 1.97. The molecule has 0 saturated carbocycles. The number of hydrogen-bond donors (Lipinski definition) is 1. The molecule has 1 N–H and O–H groups in total. The monoisotopic (exact) mass is 585 g/mol. The maximum atomic E-state index is 13.9. The number of halogens is 1. The Morgan fingerprint density at radius 2 is 1.65 bits per heavy atom. The molecule has 0 aromatic heterocycles. The molecule has 3 aromatic carbocycles. The van der Waals surface area contributed by atoms with Gasteiger partial charge in [-0.3, -0.25) is 9.59 Å². The predicted molar refractivity (Wildman–Crippen MR) is 157 cm³/mol. The number of benzene rings is 3. The third-order valence-corrected chi connectivity index (χ3v) is 8.54. The minimum absolute atomic E-state index is 0.0182. The molecule has 0 fully saturated rings. The van der Waals surface area contributed by atoms with Crippen LogP contribution in [0.3, 0.4) is 0 Å². The van der Waals surface area contributed by atoms with E-state index < -0.39 is 28.5 Å². The first-order chi connectivity index (χ1) is 19.1. The molecule has 0 unspecified atom stereocenters. The Kier molecular flexibility index (Phi) is 11.5. The van der Waals surface area contributed by atoms with Crippen molar-refractivity contribution in [1.82, 2.24) is 14.5 Å². The van der Waals surface area contributed by atoms with Crippen molar-refractivity contribution >= 4 is 33.4 Å². The van der Waals surface area contributed by atoms with Gasteiger partial charge in [-0.25, -0.2) is 8.42 Å². The number of nitrogens with one attached hydrogen (secondary N) is 1. The Morgan fingerprint density at radius 3 is 2.30 bits per heavy atom. The standard InChI is InChI=1S/C30H36ClN3O5S/c1-4-5-18-32-30(36)28(20-23-10-7-6-8-11-23)34(21-24-12-9-13-26(19-24)39-3)29(35)22-33(2)40(37,38)27-16-14-25(31)15-17-27/h6-17,19,28H,4-5,18,20-22H2,1-3H3,(H,32,36)/t28-/m0/s1. The molecule has 0 aliphatic carbocycles. The molecule has 0 radical (unpaired) electrons. The van der Waals surface area contributed by atoms with Crippen LogP contribution in [0, 0.1) is 0 Å². The van der Waals surface area contributed by atoms with Gasteiger partial charge in [0.1, 0.15) is 11.8 Å². The van der Waals surface area contributed by atoms with Gasteiger partial charge in [-0.15, -0.1) is 0 Å². The van der Waals surface area contributed by atoms with Crippen LogP contribution < -0.4 is 10.1 Å². The van der Waals surface area contributed by atoms with E-state index in [-0.39, 0.29) is 23.8 Å². The third-order valence-electron chi connectivity index (χ3n) is 6.47. The lowest BCUT2D eigenvalue weighted by atomic mass is 10.0. The van der Waals surface area contributed by atoms with E-state index in [2.05, 4.69) is 5.32 Å². The number of ether oxygens (including phenoxy) is 1. The van der Waals surface area contributed by atoms with E-state index in [9.17, 15) is 18.0 Å². The minimum Gasteiger partial charge on any atom is -0.497 e. The van der Waals surface area contributed by atoms with Crippen LogP contribution in [0.25, 0.3) is 0 Å². The van der Waals surface area contributed by atoms with Gasteiger partial charge in [0.05, 0.1) is 18.6 Å². The molecular formula is C30H36ClN3O5S. The van der Waals surface area contributed by atoms with Crippen molar-refractivity contribution in [3.63, 3.8) is 0 Å². The van der Waals surface area contributed by atoms with Crippen LogP contribution in [0.2, 0.25) is 5.02 Å². The third kappa shape index (κ3) is 8.55. The summed E-state index contributed by atoms with van der Waals surface area (Å²) in [7, 11) is -1.08. The molecule has 1 atom stereocenters. The van der Waals surface area contributed by atoms with Gasteiger partial charge in [0.2, 0.25) is 21.8 Å². The average Bonchev–Trinajstić information content (AvgIpc) is 2.95. The van der Waals surface area contributed by atoms with Crippen molar-refractivity contribution in [3.8, 4) is 5.75 Å². The van der Waals surface area contributed by atoms with Gasteiger partial charge in [0.15, 0.2) is 0 Å². The number of rotatable bonds is 14. The highest BCUT2D eigenvalue weighted by Gasteiger charge is 2.33. The number of carbonyl (C=O) groups excluding carboxylic acids is 2. The normalized spacial score (nSPS) is 12.1. The smallest absolute Gasteiger partial charge is 0.243 e. The molecule has 3 aromatic rings. The lowest BCUT2D eigenvalue weighted by Crippen LogP contribution is -2.53. The maximum absolute atomic E-state index is 13.9. The van der Waals surface area contributed by atoms with Crippen LogP contribution in [0.1, 0.15) is 30.9 Å². The molecule has 10 heteroatoms. The number of unbranched alkanes of at least 4 members (excludes halogenated alkanes) is 1. The second-order valence-corrected chi connectivity index (χ2v) is 11.9. The second kappa shape index (κ2) is 14.8. The average molecular weight is 586 g/mol. The van der Waals surface area contributed by atoms with Crippen LogP contribution in [0.5, 0.6) is 5.75 Å². The van der Waals surface area contributed by atoms with Gasteiger partial charge < -0.3 is 15.0 Å². The van der Waals surface area contributed by atoms with Gasteiger partial charge in [-0.2, -0.15) is 4.31 Å². The summed E-state index contributed by atoms with van der Waals surface area (Å²) in [6.45, 7) is 2.14. The molecule has 40 heavy (non-hydrogen) atoms. The fourth-order valence-corrected chi connectivity index (χ4v) is 5.43. The first-order valence-electron chi connectivity index (χ1n) is 13.1. The van der Waals surface area contributed by atoms with Crippen LogP contribution in [0.4, 0.5) is 0 Å². The van der Waals surface area contributed by atoms with E-state index in [4.69, 9.17) is 16.3 Å². The van der Waals surface area contributed by atoms with E-state index in [0.717, 1.165) is 28.3 Å². The summed E-state index contributed by atoms with van der Waals surface area (Å²) in [5, 5.41) is 3.36. The topological polar surface area (TPSA) is 96.0 Å². The Hall–Kier alpha value is -3.40. The molecule has 2 amide bonds. The minimum atomic E-state index is -3.98. The lowest BCUT2D eigenvalue weighted by Gasteiger charge is -2.32. The van der Waals surface area contributed by atoms with Crippen molar-refractivity contribution in [2.45, 2.75) is 43.7 Å². The van der Waals surface area contributed by atoms with Crippen LogP contribution in [0.15, 0.2) is 83.8 Å². The summed E-state index contributed by atoms with van der Waals surface area (Å²) >= 11 is 5.93. The van der Waals surface area contributed by atoms with Crippen molar-refractivity contribution in [2.75, 3.05) is 27.2 Å². The molecule has 0 spiro atoms. The van der Waals surface area contributed by atoms with E-state index >= 15 is 0 Å². The first kappa shape index (κ1) is 31.1. The number of methoxy groups -OCH3 is 1. The quantitative estimate of drug-likeness (QED) is 0.281. The van der Waals surface area contributed by atoms with Crippen LogP contribution in [-0.2, 0) is 32.6 Å². The molecule has 0 saturated heterocycles. The van der Waals surface area contributed by atoms with Crippen LogP contribution in [-0.4, -0.2) is 62.7 Å². The zero-order chi connectivity index (χ0) is 29.1. The summed E-state index contributed by atoms with van der Waals surface area (Å²) in [5.41, 5.74) is 1.62. The summed E-state index contributed by atoms with van der Waals surface area (Å²) in [5.74, 6) is -0.189. The Balaban J connectivity index is 1.97. The zero-order valence-electron chi connectivity index (χ0n) is 23.0. The van der Waals surface area contributed by atoms with Crippen molar-refractivity contribution in [3.05, 3.63) is 95.0 Å². The SMILES string of the molecule is CCCCNC(=O)[C@H](Cc1ccccc1)N(Cc1cccc(OC)c1)C(=O)CN(C)S(=O)(=O)c1ccc(Cl)cc1. The Bertz CT molecular complexity index is 1370. The van der Waals surface area contributed by atoms with Crippen LogP contribution >= 0.6 is 11.6 Å². The number of carbonyl (C=O) groups is 2.